The molecule has 216 valence electrons. The third-order valence-corrected chi connectivity index (χ3v) is 8.18. The third kappa shape index (κ3) is 6.51. The molecule has 0 aliphatic carbocycles. The second kappa shape index (κ2) is 12.6. The molecule has 6 aromatic rings. The zero-order chi connectivity index (χ0) is 29.8. The average Bonchev–Trinajstić information content (AvgIpc) is 3.66. The number of pyridine rings is 1. The third-order valence-electron chi connectivity index (χ3n) is 6.48. The fraction of sp³-hybridized carbons (Fsp3) is 0.0645. The highest BCUT2D eigenvalue weighted by Crippen LogP contribution is 2.31. The van der Waals surface area contributed by atoms with Crippen molar-refractivity contribution >= 4 is 40.4 Å². The van der Waals surface area contributed by atoms with E-state index in [1.807, 2.05) is 48.5 Å². The van der Waals surface area contributed by atoms with Crippen LogP contribution in [-0.4, -0.2) is 19.7 Å². The van der Waals surface area contributed by atoms with E-state index in [0.29, 0.717) is 11.3 Å². The number of rotatable bonds is 10. The second-order valence-corrected chi connectivity index (χ2v) is 11.2. The van der Waals surface area contributed by atoms with E-state index in [1.54, 1.807) is 28.5 Å². The fourth-order valence-corrected chi connectivity index (χ4v) is 5.78. The number of para-hydroxylation sites is 1. The highest BCUT2D eigenvalue weighted by atomic mass is 32.2. The van der Waals surface area contributed by atoms with Gasteiger partial charge in [0, 0.05) is 21.3 Å². The number of benzene rings is 3. The lowest BCUT2D eigenvalue weighted by molar-refractivity contribution is -0.0788. The summed E-state index contributed by atoms with van der Waals surface area (Å²) in [7, 11) is 0. The maximum Gasteiger partial charge on any atom is 0.263 e. The molecule has 3 heterocycles. The molecule has 0 spiro atoms. The van der Waals surface area contributed by atoms with Crippen molar-refractivity contribution in [1.29, 1.82) is 0 Å². The number of nitrogens with zero attached hydrogens (tertiary/aromatic N) is 3. The van der Waals surface area contributed by atoms with Crippen molar-refractivity contribution < 1.29 is 22.8 Å². The van der Waals surface area contributed by atoms with Gasteiger partial charge in [0.1, 0.15) is 5.56 Å². The van der Waals surface area contributed by atoms with Gasteiger partial charge in [-0.05, 0) is 71.8 Å². The lowest BCUT2D eigenvalue weighted by Gasteiger charge is -2.09. The first-order chi connectivity index (χ1) is 20.9. The minimum absolute atomic E-state index is 0.00185. The van der Waals surface area contributed by atoms with Crippen LogP contribution in [0.5, 0.6) is 5.75 Å². The number of thiophene rings is 1. The molecule has 0 saturated heterocycles. The number of nitrogens with one attached hydrogen (secondary N) is 1. The molecule has 0 fully saturated rings. The molecule has 0 radical (unpaired) electrons. The van der Waals surface area contributed by atoms with Crippen molar-refractivity contribution in [2.75, 3.05) is 0 Å². The van der Waals surface area contributed by atoms with Crippen molar-refractivity contribution in [2.24, 2.45) is 0 Å². The highest BCUT2D eigenvalue weighted by molar-refractivity contribution is 7.93. The Morgan fingerprint density at radius 1 is 0.953 bits per heavy atom. The molecule has 1 N–H and O–H groups in total. The normalized spacial score (nSPS) is 11.1. The van der Waals surface area contributed by atoms with Crippen LogP contribution in [0.15, 0.2) is 108 Å². The lowest BCUT2D eigenvalue weighted by Crippen LogP contribution is -2.32. The Hall–Kier alpha value is -4.78. The van der Waals surface area contributed by atoms with Gasteiger partial charge < -0.3 is 14.8 Å². The van der Waals surface area contributed by atoms with E-state index in [9.17, 15) is 18.4 Å². The van der Waals surface area contributed by atoms with Crippen LogP contribution in [0.3, 0.4) is 0 Å². The Morgan fingerprint density at radius 2 is 1.81 bits per heavy atom. The van der Waals surface area contributed by atoms with E-state index in [0.717, 1.165) is 50.6 Å². The van der Waals surface area contributed by atoms with Gasteiger partial charge in [-0.2, -0.15) is 9.19 Å². The predicted octanol–water partition coefficient (Wildman–Crippen LogP) is 6.60. The van der Waals surface area contributed by atoms with Crippen LogP contribution in [0.25, 0.3) is 21.3 Å². The first-order valence-corrected chi connectivity index (χ1v) is 14.5. The van der Waals surface area contributed by atoms with Gasteiger partial charge in [0.25, 0.3) is 11.5 Å². The molecule has 0 aliphatic heterocycles. The number of hydrogen-bond acceptors (Lipinski definition) is 7. The number of carbonyl (C=O) groups excluding carboxylic acids is 1. The maximum absolute atomic E-state index is 13.6. The van der Waals surface area contributed by atoms with Crippen LogP contribution < -0.4 is 15.8 Å². The van der Waals surface area contributed by atoms with Gasteiger partial charge in [-0.25, -0.2) is 8.78 Å². The predicted molar refractivity (Wildman–Crippen MR) is 162 cm³/mol. The van der Waals surface area contributed by atoms with Crippen LogP contribution in [0.4, 0.5) is 8.78 Å². The monoisotopic (exact) mass is 616 g/mol. The Bertz CT molecular complexity index is 1970. The van der Waals surface area contributed by atoms with Gasteiger partial charge >= 0.3 is 0 Å². The van der Waals surface area contributed by atoms with Crippen molar-refractivity contribution in [3.63, 3.8) is 0 Å². The largest absolute Gasteiger partial charge is 0.347 e. The van der Waals surface area contributed by atoms with Gasteiger partial charge in [-0.3, -0.25) is 9.59 Å². The first kappa shape index (κ1) is 28.3. The molecule has 0 atom stereocenters. The fourth-order valence-electron chi connectivity index (χ4n) is 4.34. The summed E-state index contributed by atoms with van der Waals surface area (Å²) in [6, 6.07) is 25.4. The van der Waals surface area contributed by atoms with Crippen molar-refractivity contribution in [3.8, 4) is 16.2 Å². The Labute approximate surface area is 252 Å². The summed E-state index contributed by atoms with van der Waals surface area (Å²) in [5.74, 6) is -1.90. The quantitative estimate of drug-likeness (QED) is 0.106. The Kier molecular flexibility index (Phi) is 8.31. The number of aromatic nitrogens is 3. The van der Waals surface area contributed by atoms with Gasteiger partial charge in [-0.1, -0.05) is 34.7 Å². The number of fused-ring (bicyclic) bond motifs is 1. The lowest BCUT2D eigenvalue weighted by atomic mass is 10.1. The van der Waals surface area contributed by atoms with Crippen molar-refractivity contribution in [2.45, 2.75) is 13.1 Å². The van der Waals surface area contributed by atoms with Crippen LogP contribution in [0, 0.1) is 11.6 Å². The molecule has 8 nitrogen and oxygen atoms in total. The number of carbonyl (C=O) groups is 1. The summed E-state index contributed by atoms with van der Waals surface area (Å²) in [6.07, 6.45) is 3.24. The van der Waals surface area contributed by atoms with Crippen LogP contribution in [-0.2, 0) is 17.4 Å². The van der Waals surface area contributed by atoms with Crippen LogP contribution in [0.2, 0.25) is 0 Å². The highest BCUT2D eigenvalue weighted by Gasteiger charge is 2.14. The summed E-state index contributed by atoms with van der Waals surface area (Å²) in [5.41, 5.74) is 1.68. The van der Waals surface area contributed by atoms with E-state index >= 15 is 0 Å². The molecule has 43 heavy (non-hydrogen) atoms. The minimum Gasteiger partial charge on any atom is -0.347 e. The molecule has 1 amide bonds. The van der Waals surface area contributed by atoms with Gasteiger partial charge in [0.2, 0.25) is 0 Å². The van der Waals surface area contributed by atoms with Crippen LogP contribution in [0.1, 0.15) is 20.8 Å². The average molecular weight is 617 g/mol. The number of amides is 1. The van der Waals surface area contributed by atoms with Crippen molar-refractivity contribution in [3.05, 3.63) is 141 Å². The molecule has 12 heteroatoms. The maximum atomic E-state index is 13.6. The molecule has 0 saturated carbocycles. The number of halogens is 2. The summed E-state index contributed by atoms with van der Waals surface area (Å²) < 4.78 is 35.0. The van der Waals surface area contributed by atoms with E-state index < -0.39 is 23.1 Å². The molecule has 6 rings (SSSR count). The molecular weight excluding hydrogens is 594 g/mol. The van der Waals surface area contributed by atoms with Crippen LogP contribution >= 0.6 is 23.6 Å². The molecule has 3 aromatic heterocycles. The smallest absolute Gasteiger partial charge is 0.263 e. The number of hydrogen-bond donors (Lipinski definition) is 1. The Balaban J connectivity index is 1.08. The molecular formula is C31H22F2N4O4S2. The molecule has 0 aliphatic rings. The van der Waals surface area contributed by atoms with E-state index in [-0.39, 0.29) is 18.7 Å². The van der Waals surface area contributed by atoms with Crippen molar-refractivity contribution in [1.82, 2.24) is 19.1 Å². The van der Waals surface area contributed by atoms with Gasteiger partial charge in [-0.15, -0.1) is 11.3 Å². The summed E-state index contributed by atoms with van der Waals surface area (Å²) in [6.45, 7) is 0.235. The van der Waals surface area contributed by atoms with E-state index in [1.165, 1.54) is 34.2 Å². The van der Waals surface area contributed by atoms with Gasteiger partial charge in [0.05, 0.1) is 24.8 Å². The molecule has 0 unspecified atom stereocenters. The van der Waals surface area contributed by atoms with Gasteiger partial charge in [0.15, 0.2) is 29.6 Å². The minimum atomic E-state index is -0.997. The molecule has 0 bridgehead atoms. The Morgan fingerprint density at radius 3 is 2.65 bits per heavy atom. The summed E-state index contributed by atoms with van der Waals surface area (Å²) >= 11 is 2.48. The standard InChI is InChI=1S/C31H22F2N4O4S2/c32-26-11-8-20(15-27(26)33)19-36-14-4-7-25(31(36)39)30(38)34-18-24-10-13-29(42-24)21-9-12-28-22(16-21)17-35-37(28)43-41-40-23-5-2-1-3-6-23/h1-17H,18-19H2,(H,34,38). The van der Waals surface area contributed by atoms with E-state index in [4.69, 9.17) is 9.22 Å². The zero-order valence-electron chi connectivity index (χ0n) is 22.3. The van der Waals surface area contributed by atoms with E-state index in [2.05, 4.69) is 10.4 Å². The molecule has 3 aromatic carbocycles. The topological polar surface area (TPSA) is 87.4 Å². The first-order valence-electron chi connectivity index (χ1n) is 13.0. The zero-order valence-corrected chi connectivity index (χ0v) is 23.9. The summed E-state index contributed by atoms with van der Waals surface area (Å²) in [5, 5.41) is 8.08. The second-order valence-electron chi connectivity index (χ2n) is 9.38. The SMILES string of the molecule is O=C(NCc1ccc(-c2ccc3c(cnn3SOOc3ccccc3)c2)s1)c1cccn(Cc2ccc(F)c(F)c2)c1=O. The summed E-state index contributed by atoms with van der Waals surface area (Å²) in [4.78, 5) is 32.9.